The number of aryl methyl sites for hydroxylation is 2. The van der Waals surface area contributed by atoms with Crippen molar-refractivity contribution in [2.24, 2.45) is 14.1 Å². The van der Waals surface area contributed by atoms with E-state index in [0.717, 1.165) is 46.7 Å². The van der Waals surface area contributed by atoms with Crippen LogP contribution < -0.4 is 20.5 Å². The molecular weight excluding hydrogens is 426 g/mol. The maximum absolute atomic E-state index is 12.1. The highest BCUT2D eigenvalue weighted by atomic mass is 35.5. The van der Waals surface area contributed by atoms with Gasteiger partial charge in [0, 0.05) is 32.7 Å². The second-order valence-corrected chi connectivity index (χ2v) is 7.57. The van der Waals surface area contributed by atoms with Gasteiger partial charge in [0.15, 0.2) is 0 Å². The van der Waals surface area contributed by atoms with Crippen LogP contribution in [0.5, 0.6) is 11.5 Å². The van der Waals surface area contributed by atoms with Crippen molar-refractivity contribution < 1.29 is 9.47 Å². The number of hydrogen-bond donors (Lipinski definition) is 1. The standard InChI is InChI=1S/C25H27N3O3.ClH/c1-27-22-13-10-19(14-23(22)28(2)25(27)29)17-31-21-11-8-18(9-12-21)15-26-16-20-6-4-5-7-24(20)30-3;/h4-14,26H,15-17H2,1-3H3;1H. The van der Waals surface area contributed by atoms with Crippen molar-refractivity contribution in [1.82, 2.24) is 14.5 Å². The molecule has 4 rings (SSSR count). The first-order chi connectivity index (χ1) is 15.1. The first-order valence-electron chi connectivity index (χ1n) is 10.3. The number of halogens is 1. The average molecular weight is 454 g/mol. The van der Waals surface area contributed by atoms with Gasteiger partial charge in [-0.05, 0) is 41.5 Å². The molecule has 0 amide bonds. The predicted molar refractivity (Wildman–Crippen MR) is 130 cm³/mol. The molecular formula is C25H28ClN3O3. The molecule has 1 N–H and O–H groups in total. The molecule has 4 aromatic rings. The summed E-state index contributed by atoms with van der Waals surface area (Å²) in [6, 6.07) is 22.1. The predicted octanol–water partition coefficient (Wildman–Crippen LogP) is 4.18. The monoisotopic (exact) mass is 453 g/mol. The van der Waals surface area contributed by atoms with Gasteiger partial charge in [-0.1, -0.05) is 36.4 Å². The van der Waals surface area contributed by atoms with Crippen LogP contribution in [-0.2, 0) is 33.8 Å². The molecule has 0 aliphatic rings. The van der Waals surface area contributed by atoms with Gasteiger partial charge in [0.1, 0.15) is 18.1 Å². The number of nitrogens with zero attached hydrogens (tertiary/aromatic N) is 2. The van der Waals surface area contributed by atoms with Crippen molar-refractivity contribution in [3.05, 3.63) is 93.9 Å². The van der Waals surface area contributed by atoms with Crippen LogP contribution in [0.15, 0.2) is 71.5 Å². The van der Waals surface area contributed by atoms with E-state index in [4.69, 9.17) is 9.47 Å². The second-order valence-electron chi connectivity index (χ2n) is 7.57. The lowest BCUT2D eigenvalue weighted by Gasteiger charge is -2.10. The lowest BCUT2D eigenvalue weighted by molar-refractivity contribution is 0.306. The van der Waals surface area contributed by atoms with E-state index >= 15 is 0 Å². The van der Waals surface area contributed by atoms with Crippen LogP contribution in [-0.4, -0.2) is 16.2 Å². The molecule has 32 heavy (non-hydrogen) atoms. The molecule has 0 atom stereocenters. The van der Waals surface area contributed by atoms with Crippen LogP contribution in [0.4, 0.5) is 0 Å². The summed E-state index contributed by atoms with van der Waals surface area (Å²) in [6.07, 6.45) is 0. The zero-order valence-corrected chi connectivity index (χ0v) is 19.3. The fourth-order valence-corrected chi connectivity index (χ4v) is 3.70. The number of imidazole rings is 1. The highest BCUT2D eigenvalue weighted by Crippen LogP contribution is 2.19. The Morgan fingerprint density at radius 1 is 0.844 bits per heavy atom. The van der Waals surface area contributed by atoms with E-state index < -0.39 is 0 Å². The van der Waals surface area contributed by atoms with Gasteiger partial charge >= 0.3 is 5.69 Å². The third-order valence-corrected chi connectivity index (χ3v) is 5.50. The molecule has 0 radical (unpaired) electrons. The van der Waals surface area contributed by atoms with E-state index in [9.17, 15) is 4.79 Å². The van der Waals surface area contributed by atoms with Gasteiger partial charge in [-0.3, -0.25) is 9.13 Å². The van der Waals surface area contributed by atoms with Gasteiger partial charge in [0.25, 0.3) is 0 Å². The summed E-state index contributed by atoms with van der Waals surface area (Å²) in [6.45, 7) is 1.95. The number of aromatic nitrogens is 2. The summed E-state index contributed by atoms with van der Waals surface area (Å²) < 4.78 is 14.6. The Balaban J connectivity index is 0.00000289. The summed E-state index contributed by atoms with van der Waals surface area (Å²) >= 11 is 0. The molecule has 1 heterocycles. The zero-order chi connectivity index (χ0) is 21.8. The van der Waals surface area contributed by atoms with Gasteiger partial charge in [0.2, 0.25) is 0 Å². The molecule has 6 nitrogen and oxygen atoms in total. The van der Waals surface area contributed by atoms with Crippen molar-refractivity contribution >= 4 is 23.4 Å². The van der Waals surface area contributed by atoms with Crippen molar-refractivity contribution in [2.75, 3.05) is 7.11 Å². The summed E-state index contributed by atoms with van der Waals surface area (Å²) in [5.41, 5.74) is 5.14. The van der Waals surface area contributed by atoms with Crippen molar-refractivity contribution in [1.29, 1.82) is 0 Å². The molecule has 0 spiro atoms. The molecule has 0 fully saturated rings. The Kier molecular flexibility index (Phi) is 7.62. The molecule has 7 heteroatoms. The van der Waals surface area contributed by atoms with Crippen LogP contribution in [0, 0.1) is 0 Å². The topological polar surface area (TPSA) is 57.4 Å². The van der Waals surface area contributed by atoms with E-state index in [-0.39, 0.29) is 18.1 Å². The summed E-state index contributed by atoms with van der Waals surface area (Å²) in [4.78, 5) is 12.1. The molecule has 0 saturated heterocycles. The van der Waals surface area contributed by atoms with Crippen LogP contribution in [0.25, 0.3) is 11.0 Å². The Morgan fingerprint density at radius 2 is 1.53 bits per heavy atom. The van der Waals surface area contributed by atoms with Gasteiger partial charge in [-0.25, -0.2) is 4.79 Å². The second kappa shape index (κ2) is 10.4. The lowest BCUT2D eigenvalue weighted by Crippen LogP contribution is -2.19. The third kappa shape index (κ3) is 4.98. The fourth-order valence-electron chi connectivity index (χ4n) is 3.70. The van der Waals surface area contributed by atoms with Crippen LogP contribution in [0.3, 0.4) is 0 Å². The summed E-state index contributed by atoms with van der Waals surface area (Å²) in [5.74, 6) is 1.71. The third-order valence-electron chi connectivity index (χ3n) is 5.50. The minimum Gasteiger partial charge on any atom is -0.496 e. The first-order valence-corrected chi connectivity index (χ1v) is 10.3. The Labute approximate surface area is 193 Å². The quantitative estimate of drug-likeness (QED) is 0.435. The zero-order valence-electron chi connectivity index (χ0n) is 18.5. The molecule has 0 saturated carbocycles. The largest absolute Gasteiger partial charge is 0.496 e. The van der Waals surface area contributed by atoms with E-state index in [0.29, 0.717) is 6.61 Å². The van der Waals surface area contributed by atoms with Crippen LogP contribution >= 0.6 is 12.4 Å². The van der Waals surface area contributed by atoms with Crippen molar-refractivity contribution in [2.45, 2.75) is 19.7 Å². The van der Waals surface area contributed by atoms with Crippen LogP contribution in [0.2, 0.25) is 0 Å². The maximum atomic E-state index is 12.1. The lowest BCUT2D eigenvalue weighted by atomic mass is 10.2. The number of benzene rings is 3. The molecule has 0 aliphatic carbocycles. The number of ether oxygens (including phenoxy) is 2. The normalized spacial score (nSPS) is 10.7. The number of rotatable bonds is 8. The Bertz CT molecular complexity index is 1250. The van der Waals surface area contributed by atoms with E-state index in [1.165, 1.54) is 5.56 Å². The molecule has 1 aromatic heterocycles. The van der Waals surface area contributed by atoms with Gasteiger partial charge in [0.05, 0.1) is 18.1 Å². The minimum atomic E-state index is -0.0250. The summed E-state index contributed by atoms with van der Waals surface area (Å²) in [7, 11) is 5.26. The number of methoxy groups -OCH3 is 1. The van der Waals surface area contributed by atoms with E-state index in [1.807, 2.05) is 48.5 Å². The molecule has 0 bridgehead atoms. The average Bonchev–Trinajstić information content (AvgIpc) is 3.02. The van der Waals surface area contributed by atoms with Crippen LogP contribution in [0.1, 0.15) is 16.7 Å². The highest BCUT2D eigenvalue weighted by molar-refractivity contribution is 5.85. The minimum absolute atomic E-state index is 0. The number of nitrogens with one attached hydrogen (secondary N) is 1. The number of para-hydroxylation sites is 1. The van der Waals surface area contributed by atoms with Crippen molar-refractivity contribution in [3.8, 4) is 11.5 Å². The van der Waals surface area contributed by atoms with E-state index in [1.54, 1.807) is 30.3 Å². The Morgan fingerprint density at radius 3 is 2.28 bits per heavy atom. The van der Waals surface area contributed by atoms with E-state index in [2.05, 4.69) is 23.5 Å². The van der Waals surface area contributed by atoms with Gasteiger partial charge in [-0.2, -0.15) is 0 Å². The summed E-state index contributed by atoms with van der Waals surface area (Å²) in [5, 5.41) is 3.45. The fraction of sp³-hybridized carbons (Fsp3) is 0.240. The first kappa shape index (κ1) is 23.4. The maximum Gasteiger partial charge on any atom is 0.328 e. The SMILES string of the molecule is COc1ccccc1CNCc1ccc(OCc2ccc3c(c2)n(C)c(=O)n3C)cc1.Cl. The molecule has 3 aromatic carbocycles. The highest BCUT2D eigenvalue weighted by Gasteiger charge is 2.08. The number of hydrogen-bond acceptors (Lipinski definition) is 4. The van der Waals surface area contributed by atoms with Gasteiger partial charge in [-0.15, -0.1) is 12.4 Å². The van der Waals surface area contributed by atoms with Crippen molar-refractivity contribution in [3.63, 3.8) is 0 Å². The number of fused-ring (bicyclic) bond motifs is 1. The smallest absolute Gasteiger partial charge is 0.328 e. The Hall–Kier alpha value is -3.22. The molecule has 0 aliphatic heterocycles. The van der Waals surface area contributed by atoms with Gasteiger partial charge < -0.3 is 14.8 Å². The molecule has 168 valence electrons. The molecule has 0 unspecified atom stereocenters.